The number of aliphatic hydroxyl groups is 8. The fourth-order valence-corrected chi connectivity index (χ4v) is 13.3. The predicted molar refractivity (Wildman–Crippen MR) is 376 cm³/mol. The topological polar surface area (TPSA) is 514 Å². The summed E-state index contributed by atoms with van der Waals surface area (Å²) in [5.74, 6) is 0.565. The number of carbonyl (C=O) groups is 4. The minimum Gasteiger partial charge on any atom is -0.484 e. The van der Waals surface area contributed by atoms with Gasteiger partial charge >= 0.3 is 10.4 Å². The van der Waals surface area contributed by atoms with Crippen molar-refractivity contribution in [2.45, 2.75) is 91.9 Å². The van der Waals surface area contributed by atoms with Crippen molar-refractivity contribution in [3.8, 4) is 34.5 Å². The lowest BCUT2D eigenvalue weighted by atomic mass is 9.70. The lowest BCUT2D eigenvalue weighted by Crippen LogP contribution is -2.66. The maximum absolute atomic E-state index is 13.6. The van der Waals surface area contributed by atoms with Gasteiger partial charge in [0.1, 0.15) is 60.8 Å². The first-order valence-corrected chi connectivity index (χ1v) is 37.2. The van der Waals surface area contributed by atoms with Gasteiger partial charge in [0.15, 0.2) is 38.6 Å². The second-order valence-electron chi connectivity index (χ2n) is 24.7. The van der Waals surface area contributed by atoms with Gasteiger partial charge in [0, 0.05) is 48.3 Å². The maximum atomic E-state index is 13.6. The molecular weight excluding hydrogens is 1470 g/mol. The average molecular weight is 1560 g/mol. The van der Waals surface area contributed by atoms with Crippen LogP contribution in [0.25, 0.3) is 0 Å². The Morgan fingerprint density at radius 2 is 1.20 bits per heavy atom. The molecule has 0 radical (unpaired) electrons. The van der Waals surface area contributed by atoms with Crippen LogP contribution < -0.4 is 49.1 Å². The Morgan fingerprint density at radius 1 is 0.630 bits per heavy atom. The van der Waals surface area contributed by atoms with Crippen molar-refractivity contribution in [1.29, 1.82) is 0 Å². The monoisotopic (exact) mass is 1560 g/mol. The molecule has 3 amide bonds. The Balaban J connectivity index is 0.606. The van der Waals surface area contributed by atoms with E-state index in [4.69, 9.17) is 71.1 Å². The predicted octanol–water partition coefficient (Wildman–Crippen LogP) is -1.45. The van der Waals surface area contributed by atoms with Crippen LogP contribution in [0.1, 0.15) is 70.5 Å². The molecule has 3 heterocycles. The molecule has 5 aromatic carbocycles. The molecule has 11 atom stereocenters. The van der Waals surface area contributed by atoms with E-state index in [0.717, 1.165) is 17.7 Å². The molecule has 3 aliphatic heterocycles. The normalized spacial score (nSPS) is 21.9. The highest BCUT2D eigenvalue weighted by Gasteiger charge is 2.54. The standard InChI is InChI=1S/C70H88N6O30S2/c1-41-2-13-48(14-3-41)107(89,90)33-16-50(78)43-6-8-44(9-7-43)67(86)73-18-21-94-25-28-97-29-30-98-31-32-99-39-46(76-71)36-72-17-20-93-23-26-96-27-24-95-22-19-74-68(87)45-10-15-51(103-70-64(85)61(82)58(79)54(37-77)104-70)52(34-45)106-108(91,92)105-47-11-4-42(5-12-47)38-100-66-56-49(35-53-65(66)102-40-101-53)55-57(75-69(56)88)60(81)63(84)62(83)59(55)80/h2-15,34-36,54-55,57-64,70,77,79-85H,16-33,37-40,71H2,1H3,(H,73,86)(H,74,87)(H,75,88)/t54-,55-,57-,58+,59-,60+,61+,62+,63+,64-,70-/m1/s1. The molecule has 0 spiro atoms. The molecule has 4 aliphatic rings. The molecule has 38 heteroatoms. The number of nitrogens with zero attached hydrogens (tertiary/aromatic N) is 2. The van der Waals surface area contributed by atoms with Gasteiger partial charge in [-0.05, 0) is 78.7 Å². The first kappa shape index (κ1) is 83.4. The maximum Gasteiger partial charge on any atom is 0.501 e. The lowest BCUT2D eigenvalue weighted by Gasteiger charge is -2.47. The molecule has 9 rings (SSSR count). The molecule has 13 N–H and O–H groups in total. The summed E-state index contributed by atoms with van der Waals surface area (Å²) >= 11 is 0. The van der Waals surface area contributed by atoms with Gasteiger partial charge in [-0.3, -0.25) is 24.2 Å². The second kappa shape index (κ2) is 40.7. The van der Waals surface area contributed by atoms with Gasteiger partial charge in [-0.2, -0.15) is 5.10 Å². The third kappa shape index (κ3) is 23.2. The minimum absolute atomic E-state index is 0.0156. The highest BCUT2D eigenvalue weighted by molar-refractivity contribution is 7.91. The Hall–Kier alpha value is -8.62. The summed E-state index contributed by atoms with van der Waals surface area (Å²) in [6.07, 6.45) is -14.3. The summed E-state index contributed by atoms with van der Waals surface area (Å²) in [5, 5.41) is 95.4. The Bertz CT molecular complexity index is 4080. The molecule has 1 saturated heterocycles. The molecule has 108 heavy (non-hydrogen) atoms. The minimum atomic E-state index is -5.12. The molecule has 36 nitrogen and oxygen atoms in total. The zero-order chi connectivity index (χ0) is 77.3. The number of nitrogens with two attached hydrogens (primary N) is 1. The van der Waals surface area contributed by atoms with E-state index in [2.05, 4.69) is 26.0 Å². The summed E-state index contributed by atoms with van der Waals surface area (Å²) < 4.78 is 130. The van der Waals surface area contributed by atoms with Crippen molar-refractivity contribution in [3.05, 3.63) is 136 Å². The number of nitrogens with one attached hydrogen (secondary N) is 3. The molecule has 0 unspecified atom stereocenters. The van der Waals surface area contributed by atoms with Gasteiger partial charge in [0.05, 0.1) is 134 Å². The number of ether oxygens (including phenoxy) is 12. The van der Waals surface area contributed by atoms with Gasteiger partial charge in [-0.25, -0.2) is 8.42 Å². The Kier molecular flexibility index (Phi) is 31.4. The molecule has 1 aliphatic carbocycles. The zero-order valence-electron chi connectivity index (χ0n) is 58.6. The largest absolute Gasteiger partial charge is 0.501 e. The highest BCUT2D eigenvalue weighted by Crippen LogP contribution is 2.51. The number of hydrogen-bond donors (Lipinski definition) is 12. The number of Topliss-reactive ketones (excluding diaryl/α,β-unsaturated/α-hetero) is 1. The van der Waals surface area contributed by atoms with E-state index in [9.17, 15) is 76.9 Å². The summed E-state index contributed by atoms with van der Waals surface area (Å²) in [4.78, 5) is 56.6. The Morgan fingerprint density at radius 3 is 1.83 bits per heavy atom. The number of aliphatic hydroxyl groups excluding tert-OH is 8. The van der Waals surface area contributed by atoms with Crippen LogP contribution in [0.4, 0.5) is 0 Å². The quantitative estimate of drug-likeness (QED) is 0.00697. The molecule has 590 valence electrons. The molecule has 0 aromatic heterocycles. The van der Waals surface area contributed by atoms with Gasteiger partial charge in [-0.1, -0.05) is 42.0 Å². The van der Waals surface area contributed by atoms with Gasteiger partial charge in [0.25, 0.3) is 17.7 Å². The number of aryl methyl sites for hydroxylation is 1. The molecule has 5 aromatic rings. The van der Waals surface area contributed by atoms with Crippen molar-refractivity contribution in [2.24, 2.45) is 15.9 Å². The SMILES string of the molecule is Cc1ccc(S(=O)(=O)CCC(=O)c2ccc(C(=O)NCCOCCOCCOCCOCC(C=NCCOCCOCCOCCNC(=O)c3ccc(O[C@@H]4O[C@H](CO)[C@H](O)[C@H](O)[C@H]4O)c(OS(=O)(=O)Oc4ccc(COc5c6c(cc7c5C(=O)N[C@H]5[C@H](O)[C@H](O)[C@@H](O)[C@H](O)[C@H]75)OCO6)cc4)c3)=NN)cc2)cc1. The van der Waals surface area contributed by atoms with Crippen LogP contribution in [-0.2, 0) is 64.7 Å². The van der Waals surface area contributed by atoms with Crippen LogP contribution in [0, 0.1) is 6.92 Å². The lowest BCUT2D eigenvalue weighted by molar-refractivity contribution is -0.277. The Labute approximate surface area is 620 Å². The average Bonchev–Trinajstić information content (AvgIpc) is 1.10. The number of amides is 3. The number of fused-ring (bicyclic) bond motifs is 4. The van der Waals surface area contributed by atoms with Crippen molar-refractivity contribution in [3.63, 3.8) is 0 Å². The smallest absolute Gasteiger partial charge is 0.484 e. The molecule has 1 saturated carbocycles. The number of rotatable bonds is 44. The van der Waals surface area contributed by atoms with E-state index in [-0.39, 0.29) is 154 Å². The van der Waals surface area contributed by atoms with Crippen LogP contribution in [0.15, 0.2) is 112 Å². The van der Waals surface area contributed by atoms with E-state index in [1.54, 1.807) is 12.1 Å². The van der Waals surface area contributed by atoms with Gasteiger partial charge < -0.3 is 128 Å². The fraction of sp³-hybridized carbons (Fsp3) is 0.486. The van der Waals surface area contributed by atoms with Crippen LogP contribution in [0.3, 0.4) is 0 Å². The van der Waals surface area contributed by atoms with Crippen LogP contribution >= 0.6 is 0 Å². The number of carbonyl (C=O) groups excluding carboxylic acids is 4. The number of sulfone groups is 1. The summed E-state index contributed by atoms with van der Waals surface area (Å²) in [7, 11) is -8.74. The van der Waals surface area contributed by atoms with Crippen molar-refractivity contribution in [1.82, 2.24) is 16.0 Å². The van der Waals surface area contributed by atoms with E-state index in [1.807, 2.05) is 6.92 Å². The third-order valence-corrected chi connectivity index (χ3v) is 19.6. The number of hydrazone groups is 1. The van der Waals surface area contributed by atoms with E-state index in [0.29, 0.717) is 62.0 Å². The number of hydrogen-bond acceptors (Lipinski definition) is 33. The van der Waals surface area contributed by atoms with Crippen LogP contribution in [0.2, 0.25) is 0 Å². The first-order valence-electron chi connectivity index (χ1n) is 34.2. The third-order valence-electron chi connectivity index (χ3n) is 17.1. The van der Waals surface area contributed by atoms with Crippen LogP contribution in [-0.4, -0.2) is 286 Å². The number of benzene rings is 5. The van der Waals surface area contributed by atoms with Crippen LogP contribution in [0.5, 0.6) is 34.5 Å². The highest BCUT2D eigenvalue weighted by atomic mass is 32.3. The fourth-order valence-electron chi connectivity index (χ4n) is 11.3. The van der Waals surface area contributed by atoms with Gasteiger partial charge in [-0.15, -0.1) is 8.42 Å². The molecule has 0 bridgehead atoms. The number of ketones is 1. The van der Waals surface area contributed by atoms with Crippen molar-refractivity contribution in [2.75, 3.05) is 131 Å². The number of aliphatic imine (C=N–C) groups is 1. The summed E-state index contributed by atoms with van der Waals surface area (Å²) in [6, 6.07) is 21.3. The van der Waals surface area contributed by atoms with E-state index >= 15 is 0 Å². The molecular formula is C70H88N6O30S2. The van der Waals surface area contributed by atoms with E-state index in [1.165, 1.54) is 79.0 Å². The first-order chi connectivity index (χ1) is 52.0. The summed E-state index contributed by atoms with van der Waals surface area (Å²) in [5.41, 5.74) is 2.28. The van der Waals surface area contributed by atoms with Crippen molar-refractivity contribution < 1.29 is 142 Å². The summed E-state index contributed by atoms with van der Waals surface area (Å²) in [6.45, 7) is 4.33. The zero-order valence-corrected chi connectivity index (χ0v) is 60.2. The second-order valence-corrected chi connectivity index (χ2v) is 27.9. The van der Waals surface area contributed by atoms with E-state index < -0.39 is 117 Å². The molecule has 2 fully saturated rings. The van der Waals surface area contributed by atoms with Gasteiger partial charge in [0.2, 0.25) is 18.8 Å². The van der Waals surface area contributed by atoms with Crippen molar-refractivity contribution >= 4 is 55.7 Å².